The van der Waals surface area contributed by atoms with Crippen LogP contribution < -0.4 is 10.2 Å². The maximum atomic E-state index is 12.9. The molecule has 0 fully saturated rings. The first-order chi connectivity index (χ1) is 12.6. The van der Waals surface area contributed by atoms with E-state index in [9.17, 15) is 9.59 Å². The van der Waals surface area contributed by atoms with Crippen molar-refractivity contribution >= 4 is 57.2 Å². The van der Waals surface area contributed by atoms with E-state index < -0.39 is 11.8 Å². The second kappa shape index (κ2) is 6.48. The number of nitrogens with one attached hydrogen (secondary N) is 1. The van der Waals surface area contributed by atoms with Gasteiger partial charge in [-0.25, -0.2) is 4.90 Å². The van der Waals surface area contributed by atoms with Gasteiger partial charge in [-0.05, 0) is 35.7 Å². The van der Waals surface area contributed by atoms with Crippen molar-refractivity contribution < 1.29 is 9.59 Å². The fraction of sp³-hybridized carbons (Fsp3) is 0. The Morgan fingerprint density at radius 3 is 2.23 bits per heavy atom. The molecule has 128 valence electrons. The van der Waals surface area contributed by atoms with Gasteiger partial charge < -0.3 is 5.32 Å². The highest BCUT2D eigenvalue weighted by Crippen LogP contribution is 2.34. The monoisotopic (exact) mass is 382 g/mol. The SMILES string of the molecule is O=C1C(Cl)=C(Nc2ccc(Cl)cc2)C(=O)N1c1cccc2ccccc12. The lowest BCUT2D eigenvalue weighted by Crippen LogP contribution is -2.32. The average Bonchev–Trinajstić information content (AvgIpc) is 2.86. The van der Waals surface area contributed by atoms with Crippen molar-refractivity contribution in [2.75, 3.05) is 10.2 Å². The van der Waals surface area contributed by atoms with Crippen LogP contribution in [0.1, 0.15) is 0 Å². The summed E-state index contributed by atoms with van der Waals surface area (Å²) in [4.78, 5) is 26.7. The molecule has 2 amide bonds. The van der Waals surface area contributed by atoms with Crippen molar-refractivity contribution in [1.29, 1.82) is 0 Å². The van der Waals surface area contributed by atoms with Crippen LogP contribution in [0.3, 0.4) is 0 Å². The smallest absolute Gasteiger partial charge is 0.283 e. The predicted molar refractivity (Wildman–Crippen MR) is 104 cm³/mol. The molecule has 6 heteroatoms. The Kier molecular flexibility index (Phi) is 4.15. The quantitative estimate of drug-likeness (QED) is 0.653. The minimum atomic E-state index is -0.551. The number of halogens is 2. The van der Waals surface area contributed by atoms with Gasteiger partial charge in [0.15, 0.2) is 0 Å². The van der Waals surface area contributed by atoms with Crippen LogP contribution in [0.15, 0.2) is 77.5 Å². The van der Waals surface area contributed by atoms with Gasteiger partial charge in [0.2, 0.25) is 0 Å². The number of nitrogens with zero attached hydrogens (tertiary/aromatic N) is 1. The van der Waals surface area contributed by atoms with E-state index in [-0.39, 0.29) is 10.7 Å². The summed E-state index contributed by atoms with van der Waals surface area (Å²) >= 11 is 12.1. The fourth-order valence-electron chi connectivity index (χ4n) is 2.91. The number of hydrogen-bond donors (Lipinski definition) is 1. The molecule has 0 saturated heterocycles. The summed E-state index contributed by atoms with van der Waals surface area (Å²) in [6, 6.07) is 19.8. The number of benzene rings is 3. The summed E-state index contributed by atoms with van der Waals surface area (Å²) in [5.41, 5.74) is 1.17. The number of rotatable bonds is 3. The molecule has 0 unspecified atom stereocenters. The Morgan fingerprint density at radius 1 is 0.769 bits per heavy atom. The number of hydrogen-bond acceptors (Lipinski definition) is 3. The summed E-state index contributed by atoms with van der Waals surface area (Å²) in [5, 5.41) is 5.08. The van der Waals surface area contributed by atoms with Crippen LogP contribution in [0.4, 0.5) is 11.4 Å². The summed E-state index contributed by atoms with van der Waals surface area (Å²) in [6.45, 7) is 0. The molecule has 1 N–H and O–H groups in total. The topological polar surface area (TPSA) is 49.4 Å². The molecular weight excluding hydrogens is 371 g/mol. The molecule has 3 aromatic carbocycles. The van der Waals surface area contributed by atoms with Crippen molar-refractivity contribution in [2.45, 2.75) is 0 Å². The third-order valence-electron chi connectivity index (χ3n) is 4.15. The van der Waals surface area contributed by atoms with Crippen LogP contribution in [0, 0.1) is 0 Å². The van der Waals surface area contributed by atoms with Crippen LogP contribution in [0.25, 0.3) is 10.8 Å². The summed E-state index contributed by atoms with van der Waals surface area (Å²) < 4.78 is 0. The fourth-order valence-corrected chi connectivity index (χ4v) is 3.25. The third-order valence-corrected chi connectivity index (χ3v) is 4.75. The minimum Gasteiger partial charge on any atom is -0.350 e. The van der Waals surface area contributed by atoms with Crippen molar-refractivity contribution in [3.05, 3.63) is 82.5 Å². The molecule has 4 nitrogen and oxygen atoms in total. The van der Waals surface area contributed by atoms with E-state index in [1.807, 2.05) is 30.3 Å². The lowest BCUT2D eigenvalue weighted by molar-refractivity contribution is -0.120. The van der Waals surface area contributed by atoms with E-state index in [4.69, 9.17) is 23.2 Å². The molecule has 4 rings (SSSR count). The van der Waals surface area contributed by atoms with Gasteiger partial charge in [-0.2, -0.15) is 0 Å². The van der Waals surface area contributed by atoms with Gasteiger partial charge in [0.25, 0.3) is 11.8 Å². The Bertz CT molecular complexity index is 1070. The average molecular weight is 383 g/mol. The molecular formula is C20H12Cl2N2O2. The minimum absolute atomic E-state index is 0.0481. The molecule has 0 radical (unpaired) electrons. The van der Waals surface area contributed by atoms with Crippen molar-refractivity contribution in [2.24, 2.45) is 0 Å². The lowest BCUT2D eigenvalue weighted by Gasteiger charge is -2.17. The molecule has 0 aromatic heterocycles. The zero-order valence-electron chi connectivity index (χ0n) is 13.4. The maximum Gasteiger partial charge on any atom is 0.283 e. The summed E-state index contributed by atoms with van der Waals surface area (Å²) in [5.74, 6) is -1.05. The molecule has 26 heavy (non-hydrogen) atoms. The molecule has 3 aromatic rings. The number of imide groups is 1. The zero-order valence-corrected chi connectivity index (χ0v) is 14.9. The number of anilines is 2. The zero-order chi connectivity index (χ0) is 18.3. The summed E-state index contributed by atoms with van der Waals surface area (Å²) in [6.07, 6.45) is 0. The number of carbonyl (C=O) groups is 2. The Balaban J connectivity index is 1.73. The Hall–Kier alpha value is -2.82. The number of amides is 2. The third kappa shape index (κ3) is 2.73. The predicted octanol–water partition coefficient (Wildman–Crippen LogP) is 4.93. The van der Waals surface area contributed by atoms with Crippen LogP contribution in [0.2, 0.25) is 5.02 Å². The van der Waals surface area contributed by atoms with Crippen LogP contribution >= 0.6 is 23.2 Å². The van der Waals surface area contributed by atoms with Crippen molar-refractivity contribution in [3.63, 3.8) is 0 Å². The van der Waals surface area contributed by atoms with Gasteiger partial charge in [0.05, 0.1) is 5.69 Å². The van der Waals surface area contributed by atoms with Crippen molar-refractivity contribution in [1.82, 2.24) is 0 Å². The molecule has 0 saturated carbocycles. The van der Waals surface area contributed by atoms with Crippen LogP contribution in [-0.4, -0.2) is 11.8 Å². The van der Waals surface area contributed by atoms with Crippen LogP contribution in [-0.2, 0) is 9.59 Å². The van der Waals surface area contributed by atoms with Gasteiger partial charge in [-0.3, -0.25) is 9.59 Å². The second-order valence-corrected chi connectivity index (χ2v) is 6.58. The maximum absolute atomic E-state index is 12.9. The van der Waals surface area contributed by atoms with Crippen molar-refractivity contribution in [3.8, 4) is 0 Å². The first-order valence-corrected chi connectivity index (χ1v) is 8.61. The van der Waals surface area contributed by atoms with Gasteiger partial charge >= 0.3 is 0 Å². The largest absolute Gasteiger partial charge is 0.350 e. The van der Waals surface area contributed by atoms with E-state index in [2.05, 4.69) is 5.32 Å². The first-order valence-electron chi connectivity index (χ1n) is 7.85. The highest BCUT2D eigenvalue weighted by molar-refractivity contribution is 6.53. The molecule has 1 heterocycles. The number of fused-ring (bicyclic) bond motifs is 1. The Labute approximate surface area is 159 Å². The van der Waals surface area contributed by atoms with Gasteiger partial charge in [0, 0.05) is 16.1 Å². The molecule has 0 atom stereocenters. The molecule has 0 bridgehead atoms. The molecule has 0 spiro atoms. The van der Waals surface area contributed by atoms with Gasteiger partial charge in [-0.15, -0.1) is 0 Å². The van der Waals surface area contributed by atoms with E-state index in [0.717, 1.165) is 15.7 Å². The molecule has 1 aliphatic heterocycles. The van der Waals surface area contributed by atoms with E-state index in [1.54, 1.807) is 36.4 Å². The summed E-state index contributed by atoms with van der Waals surface area (Å²) in [7, 11) is 0. The van der Waals surface area contributed by atoms with Gasteiger partial charge in [-0.1, -0.05) is 59.6 Å². The molecule has 1 aliphatic rings. The standard InChI is InChI=1S/C20H12Cl2N2O2/c21-13-8-10-14(11-9-13)23-18-17(22)19(25)24(20(18)26)16-7-3-5-12-4-1-2-6-15(12)16/h1-11,23H. The molecule has 0 aliphatic carbocycles. The van der Waals surface area contributed by atoms with E-state index in [1.165, 1.54) is 0 Å². The normalized spacial score (nSPS) is 14.5. The van der Waals surface area contributed by atoms with Gasteiger partial charge in [0.1, 0.15) is 10.7 Å². The second-order valence-electron chi connectivity index (χ2n) is 5.76. The number of carbonyl (C=O) groups excluding carboxylic acids is 2. The van der Waals surface area contributed by atoms with E-state index >= 15 is 0 Å². The van der Waals surface area contributed by atoms with Crippen LogP contribution in [0.5, 0.6) is 0 Å². The Morgan fingerprint density at radius 2 is 1.46 bits per heavy atom. The highest BCUT2D eigenvalue weighted by atomic mass is 35.5. The first kappa shape index (κ1) is 16.6. The highest BCUT2D eigenvalue weighted by Gasteiger charge is 2.39. The lowest BCUT2D eigenvalue weighted by atomic mass is 10.1. The van der Waals surface area contributed by atoms with E-state index in [0.29, 0.717) is 16.4 Å².